The zero-order valence-electron chi connectivity index (χ0n) is 5.90. The number of halogens is 2. The van der Waals surface area contributed by atoms with Gasteiger partial charge in [-0.2, -0.15) is 0 Å². The summed E-state index contributed by atoms with van der Waals surface area (Å²) in [6.45, 7) is 1.09. The Morgan fingerprint density at radius 3 is 2.60 bits per heavy atom. The molecule has 1 saturated heterocycles. The molecule has 0 aromatic rings. The number of likely N-dealkylation sites (N-methyl/N-ethyl adjacent to an activating group) is 1. The van der Waals surface area contributed by atoms with E-state index in [1.165, 1.54) is 0 Å². The second-order valence-electron chi connectivity index (χ2n) is 2.55. The molecule has 0 amide bonds. The van der Waals surface area contributed by atoms with Gasteiger partial charge in [-0.05, 0) is 7.05 Å². The molecule has 1 aliphatic heterocycles. The first kappa shape index (κ1) is 7.88. The van der Waals surface area contributed by atoms with Crippen LogP contribution in [0.2, 0.25) is 0 Å². The number of nitrogens with one attached hydrogen (secondary N) is 2. The topological polar surface area (TPSA) is 24.1 Å². The van der Waals surface area contributed by atoms with E-state index >= 15 is 0 Å². The van der Waals surface area contributed by atoms with E-state index in [-0.39, 0.29) is 6.04 Å². The smallest absolute Gasteiger partial charge is 0.244 e. The predicted molar refractivity (Wildman–Crippen MR) is 35.2 cm³/mol. The average Bonchev–Trinajstić information content (AvgIpc) is 2.33. The van der Waals surface area contributed by atoms with E-state index in [4.69, 9.17) is 0 Å². The summed E-state index contributed by atoms with van der Waals surface area (Å²) in [5.74, 6) is -0.509. The van der Waals surface area contributed by atoms with Crippen molar-refractivity contribution in [2.75, 3.05) is 20.1 Å². The molecule has 1 heterocycles. The van der Waals surface area contributed by atoms with Crippen LogP contribution < -0.4 is 10.6 Å². The molecule has 0 radical (unpaired) electrons. The van der Waals surface area contributed by atoms with Crippen LogP contribution in [0.4, 0.5) is 8.78 Å². The molecule has 0 aromatic heterocycles. The van der Waals surface area contributed by atoms with E-state index < -0.39 is 12.3 Å². The van der Waals surface area contributed by atoms with Gasteiger partial charge in [-0.15, -0.1) is 0 Å². The minimum Gasteiger partial charge on any atom is -0.315 e. The molecule has 0 saturated carbocycles. The summed E-state index contributed by atoms with van der Waals surface area (Å²) >= 11 is 0. The third kappa shape index (κ3) is 1.44. The van der Waals surface area contributed by atoms with Gasteiger partial charge in [-0.1, -0.05) is 0 Å². The summed E-state index contributed by atoms with van der Waals surface area (Å²) in [5.41, 5.74) is 0. The number of hydrogen-bond donors (Lipinski definition) is 2. The lowest BCUT2D eigenvalue weighted by Crippen LogP contribution is -2.36. The lowest BCUT2D eigenvalue weighted by Gasteiger charge is -2.15. The molecular weight excluding hydrogens is 138 g/mol. The van der Waals surface area contributed by atoms with Crippen LogP contribution in [-0.4, -0.2) is 32.6 Å². The highest BCUT2D eigenvalue weighted by atomic mass is 19.3. The molecule has 2 atom stereocenters. The molecule has 2 N–H and O–H groups in total. The quantitative estimate of drug-likeness (QED) is 0.581. The van der Waals surface area contributed by atoms with Crippen LogP contribution in [0.5, 0.6) is 0 Å². The third-order valence-corrected chi connectivity index (χ3v) is 1.96. The summed E-state index contributed by atoms with van der Waals surface area (Å²) < 4.78 is 24.2. The van der Waals surface area contributed by atoms with Crippen LogP contribution in [0, 0.1) is 5.92 Å². The van der Waals surface area contributed by atoms with Gasteiger partial charge in [-0.3, -0.25) is 0 Å². The standard InChI is InChI=1S/C6H12F2N2/c1-9-5-3-10-2-4(5)6(7)8/h4-6,9-10H,2-3H2,1H3. The van der Waals surface area contributed by atoms with Crippen LogP contribution in [-0.2, 0) is 0 Å². The van der Waals surface area contributed by atoms with Gasteiger partial charge in [0.2, 0.25) is 6.43 Å². The average molecular weight is 150 g/mol. The first-order valence-corrected chi connectivity index (χ1v) is 3.42. The van der Waals surface area contributed by atoms with Crippen molar-refractivity contribution in [3.05, 3.63) is 0 Å². The second-order valence-corrected chi connectivity index (χ2v) is 2.55. The van der Waals surface area contributed by atoms with E-state index in [0.717, 1.165) is 0 Å². The van der Waals surface area contributed by atoms with Gasteiger partial charge in [0.15, 0.2) is 0 Å². The summed E-state index contributed by atoms with van der Waals surface area (Å²) in [5, 5.41) is 5.76. The minimum absolute atomic E-state index is 0.0556. The Morgan fingerprint density at radius 1 is 1.50 bits per heavy atom. The maximum atomic E-state index is 12.1. The number of rotatable bonds is 2. The molecule has 1 fully saturated rings. The largest absolute Gasteiger partial charge is 0.315 e. The molecule has 4 heteroatoms. The molecule has 10 heavy (non-hydrogen) atoms. The maximum Gasteiger partial charge on any atom is 0.244 e. The van der Waals surface area contributed by atoms with Crippen molar-refractivity contribution in [3.63, 3.8) is 0 Å². The van der Waals surface area contributed by atoms with Crippen LogP contribution in [0.15, 0.2) is 0 Å². The molecule has 0 aliphatic carbocycles. The molecular formula is C6H12F2N2. The van der Waals surface area contributed by atoms with Crippen LogP contribution in [0.1, 0.15) is 0 Å². The van der Waals surface area contributed by atoms with Crippen molar-refractivity contribution < 1.29 is 8.78 Å². The van der Waals surface area contributed by atoms with Gasteiger partial charge >= 0.3 is 0 Å². The fraction of sp³-hybridized carbons (Fsp3) is 1.00. The fourth-order valence-electron chi connectivity index (χ4n) is 1.28. The highest BCUT2D eigenvalue weighted by Crippen LogP contribution is 2.16. The molecule has 0 bridgehead atoms. The first-order valence-electron chi connectivity index (χ1n) is 3.42. The Labute approximate surface area is 59.0 Å². The Hall–Kier alpha value is -0.220. The second kappa shape index (κ2) is 3.25. The van der Waals surface area contributed by atoms with E-state index in [1.807, 2.05) is 0 Å². The van der Waals surface area contributed by atoms with E-state index in [2.05, 4.69) is 10.6 Å². The van der Waals surface area contributed by atoms with Crippen molar-refractivity contribution in [2.45, 2.75) is 12.5 Å². The molecule has 1 aliphatic rings. The Bertz CT molecular complexity index is 108. The van der Waals surface area contributed by atoms with Crippen molar-refractivity contribution in [1.82, 2.24) is 10.6 Å². The highest BCUT2D eigenvalue weighted by Gasteiger charge is 2.32. The summed E-state index contributed by atoms with van der Waals surface area (Å²) in [4.78, 5) is 0. The van der Waals surface area contributed by atoms with Gasteiger partial charge in [0.1, 0.15) is 0 Å². The summed E-state index contributed by atoms with van der Waals surface area (Å²) in [6, 6.07) is -0.0556. The zero-order chi connectivity index (χ0) is 7.56. The molecule has 1 rings (SSSR count). The lowest BCUT2D eigenvalue weighted by molar-refractivity contribution is 0.0748. The van der Waals surface area contributed by atoms with Crippen LogP contribution in [0.3, 0.4) is 0 Å². The molecule has 60 valence electrons. The van der Waals surface area contributed by atoms with Crippen LogP contribution >= 0.6 is 0 Å². The summed E-state index contributed by atoms with van der Waals surface area (Å²) in [7, 11) is 1.72. The van der Waals surface area contributed by atoms with Gasteiger partial charge in [0.25, 0.3) is 0 Å². The Morgan fingerprint density at radius 2 is 2.20 bits per heavy atom. The number of alkyl halides is 2. The molecule has 0 aromatic carbocycles. The van der Waals surface area contributed by atoms with Gasteiger partial charge < -0.3 is 10.6 Å². The Kier molecular flexibility index (Phi) is 2.56. The van der Waals surface area contributed by atoms with Gasteiger partial charge in [0.05, 0.1) is 0 Å². The molecule has 2 unspecified atom stereocenters. The predicted octanol–water partition coefficient (Wildman–Crippen LogP) is 0.0589. The zero-order valence-corrected chi connectivity index (χ0v) is 5.90. The fourth-order valence-corrected chi connectivity index (χ4v) is 1.28. The summed E-state index contributed by atoms with van der Waals surface area (Å²) in [6.07, 6.45) is -2.20. The van der Waals surface area contributed by atoms with Gasteiger partial charge in [0, 0.05) is 25.0 Å². The first-order chi connectivity index (χ1) is 4.75. The highest BCUT2D eigenvalue weighted by molar-refractivity contribution is 4.86. The SMILES string of the molecule is CNC1CNCC1C(F)F. The van der Waals surface area contributed by atoms with E-state index in [9.17, 15) is 8.78 Å². The Balaban J connectivity index is 2.42. The van der Waals surface area contributed by atoms with Crippen molar-refractivity contribution in [1.29, 1.82) is 0 Å². The van der Waals surface area contributed by atoms with Crippen molar-refractivity contribution >= 4 is 0 Å². The van der Waals surface area contributed by atoms with Gasteiger partial charge in [-0.25, -0.2) is 8.78 Å². The lowest BCUT2D eigenvalue weighted by atomic mass is 10.1. The third-order valence-electron chi connectivity index (χ3n) is 1.96. The molecule has 2 nitrogen and oxygen atoms in total. The number of hydrogen-bond acceptors (Lipinski definition) is 2. The monoisotopic (exact) mass is 150 g/mol. The van der Waals surface area contributed by atoms with Crippen LogP contribution in [0.25, 0.3) is 0 Å². The van der Waals surface area contributed by atoms with E-state index in [0.29, 0.717) is 13.1 Å². The maximum absolute atomic E-state index is 12.1. The van der Waals surface area contributed by atoms with Crippen molar-refractivity contribution in [3.8, 4) is 0 Å². The molecule has 0 spiro atoms. The van der Waals surface area contributed by atoms with E-state index in [1.54, 1.807) is 7.05 Å². The minimum atomic E-state index is -2.20. The normalized spacial score (nSPS) is 33.6. The van der Waals surface area contributed by atoms with Crippen molar-refractivity contribution in [2.24, 2.45) is 5.92 Å².